The summed E-state index contributed by atoms with van der Waals surface area (Å²) < 4.78 is 10.2. The first-order chi connectivity index (χ1) is 4.41. The highest BCUT2D eigenvalue weighted by Crippen LogP contribution is 1.83. The topological polar surface area (TPSA) is 18.5 Å². The van der Waals surface area contributed by atoms with E-state index >= 15 is 0 Å². The van der Waals surface area contributed by atoms with Crippen molar-refractivity contribution < 1.29 is 9.47 Å². The molecule has 2 heteroatoms. The van der Waals surface area contributed by atoms with Crippen LogP contribution >= 0.6 is 0 Å². The zero-order valence-electron chi connectivity index (χ0n) is 6.35. The molecule has 0 aromatic carbocycles. The first-order valence-electron chi connectivity index (χ1n) is 3.57. The molecule has 0 amide bonds. The van der Waals surface area contributed by atoms with E-state index in [2.05, 4.69) is 0 Å². The van der Waals surface area contributed by atoms with Crippen LogP contribution in [0.4, 0.5) is 0 Å². The van der Waals surface area contributed by atoms with Gasteiger partial charge in [-0.2, -0.15) is 0 Å². The van der Waals surface area contributed by atoms with Crippen LogP contribution in [0.25, 0.3) is 0 Å². The van der Waals surface area contributed by atoms with Crippen molar-refractivity contribution in [2.45, 2.75) is 50.0 Å². The fraction of sp³-hybridized carbons (Fsp3) is 1.00. The first-order valence-corrected chi connectivity index (χ1v) is 3.57. The molecule has 0 rings (SSSR count). The number of rotatable bonds is 6. The van der Waals surface area contributed by atoms with Gasteiger partial charge in [-0.1, -0.05) is 29.7 Å². The van der Waals surface area contributed by atoms with Crippen molar-refractivity contribution in [1.29, 1.82) is 0 Å². The van der Waals surface area contributed by atoms with Crippen LogP contribution in [0.5, 0.6) is 0 Å². The molecule has 0 radical (unpaired) electrons. The molecule has 13 heavy (non-hydrogen) atoms. The molecule has 2 nitrogen and oxygen atoms in total. The van der Waals surface area contributed by atoms with E-state index in [1.54, 1.807) is 0 Å². The van der Waals surface area contributed by atoms with Gasteiger partial charge in [0.1, 0.15) is 0 Å². The number of hydrogen-bond donors (Lipinski definition) is 0. The van der Waals surface area contributed by atoms with E-state index in [4.69, 9.17) is 9.47 Å². The fourth-order valence-corrected chi connectivity index (χ4v) is 0.552. The predicted molar refractivity (Wildman–Crippen MR) is 64.5 cm³/mol. The molecule has 0 bridgehead atoms. The van der Waals surface area contributed by atoms with Gasteiger partial charge in [0.25, 0.3) is 0 Å². The molecule has 0 saturated heterocycles. The van der Waals surface area contributed by atoms with Crippen LogP contribution < -0.4 is 0 Å². The molecular formula is C11H32O2. The van der Waals surface area contributed by atoms with Gasteiger partial charge in [0.15, 0.2) is 0 Å². The molecule has 0 aliphatic heterocycles. The molecule has 0 atom stereocenters. The second-order valence-corrected chi connectivity index (χ2v) is 1.75. The lowest BCUT2D eigenvalue weighted by Gasteiger charge is -2.00. The zero-order valence-corrected chi connectivity index (χ0v) is 6.35. The van der Waals surface area contributed by atoms with Crippen LogP contribution in [-0.4, -0.2) is 26.4 Å². The summed E-state index contributed by atoms with van der Waals surface area (Å²) in [6, 6.07) is 0. The van der Waals surface area contributed by atoms with E-state index in [1.807, 2.05) is 13.8 Å². The maximum atomic E-state index is 5.10. The van der Waals surface area contributed by atoms with E-state index in [1.165, 1.54) is 0 Å². The minimum absolute atomic E-state index is 0. The molecule has 0 aliphatic carbocycles. The lowest BCUT2D eigenvalue weighted by molar-refractivity contribution is 0.0939. The smallest absolute Gasteiger partial charge is 0.0487 e. The largest absolute Gasteiger partial charge is 0.382 e. The summed E-state index contributed by atoms with van der Waals surface area (Å²) in [7, 11) is 0. The summed E-state index contributed by atoms with van der Waals surface area (Å²) in [5.74, 6) is 0. The highest BCUT2D eigenvalue weighted by Gasteiger charge is 1.84. The van der Waals surface area contributed by atoms with Gasteiger partial charge in [-0.05, 0) is 20.3 Å². The Balaban J connectivity index is -0.0000000533. The van der Waals surface area contributed by atoms with Crippen molar-refractivity contribution in [2.75, 3.05) is 26.4 Å². The van der Waals surface area contributed by atoms with Crippen LogP contribution in [0.15, 0.2) is 0 Å². The lowest BCUT2D eigenvalue weighted by Crippen LogP contribution is -1.99. The summed E-state index contributed by atoms with van der Waals surface area (Å²) in [6.07, 6.45) is 1.02. The summed E-state index contributed by atoms with van der Waals surface area (Å²) in [4.78, 5) is 0. The summed E-state index contributed by atoms with van der Waals surface area (Å²) in [5, 5.41) is 0. The SMILES string of the molecule is C.C.C.C.CCOCCCOCC. The Hall–Kier alpha value is -0.0800. The van der Waals surface area contributed by atoms with Crippen LogP contribution in [0.3, 0.4) is 0 Å². The van der Waals surface area contributed by atoms with Crippen molar-refractivity contribution in [3.63, 3.8) is 0 Å². The van der Waals surface area contributed by atoms with Crippen molar-refractivity contribution in [3.05, 3.63) is 0 Å². The Labute approximate surface area is 86.6 Å². The Bertz CT molecular complexity index is 41.4. The maximum absolute atomic E-state index is 5.10. The fourth-order valence-electron chi connectivity index (χ4n) is 0.552. The zero-order chi connectivity index (χ0) is 6.95. The van der Waals surface area contributed by atoms with Crippen molar-refractivity contribution in [1.82, 2.24) is 0 Å². The van der Waals surface area contributed by atoms with Crippen LogP contribution in [0, 0.1) is 0 Å². The second kappa shape index (κ2) is 29.7. The highest BCUT2D eigenvalue weighted by molar-refractivity contribution is 4.31. The van der Waals surface area contributed by atoms with Crippen molar-refractivity contribution in [3.8, 4) is 0 Å². The third-order valence-electron chi connectivity index (χ3n) is 0.986. The van der Waals surface area contributed by atoms with Gasteiger partial charge in [-0.15, -0.1) is 0 Å². The molecule has 0 saturated carbocycles. The Kier molecular flexibility index (Phi) is 66.8. The van der Waals surface area contributed by atoms with Gasteiger partial charge in [-0.25, -0.2) is 0 Å². The molecule has 88 valence electrons. The van der Waals surface area contributed by atoms with Gasteiger partial charge < -0.3 is 9.47 Å². The van der Waals surface area contributed by atoms with E-state index in [-0.39, 0.29) is 29.7 Å². The van der Waals surface area contributed by atoms with Gasteiger partial charge in [0, 0.05) is 26.4 Å². The summed E-state index contributed by atoms with van der Waals surface area (Å²) >= 11 is 0. The molecule has 0 spiro atoms. The minimum Gasteiger partial charge on any atom is -0.382 e. The third-order valence-corrected chi connectivity index (χ3v) is 0.986. The molecule has 0 heterocycles. The summed E-state index contributed by atoms with van der Waals surface area (Å²) in [5.41, 5.74) is 0. The number of hydrogen-bond acceptors (Lipinski definition) is 2. The van der Waals surface area contributed by atoms with Gasteiger partial charge in [-0.3, -0.25) is 0 Å². The molecule has 0 aliphatic rings. The molecular weight excluding hydrogens is 164 g/mol. The number of ether oxygens (including phenoxy) is 2. The van der Waals surface area contributed by atoms with Gasteiger partial charge in [0.2, 0.25) is 0 Å². The Morgan fingerprint density at radius 2 is 1.00 bits per heavy atom. The second-order valence-electron chi connectivity index (χ2n) is 1.75. The quantitative estimate of drug-likeness (QED) is 0.598. The predicted octanol–water partition coefficient (Wildman–Crippen LogP) is 3.99. The average molecular weight is 196 g/mol. The van der Waals surface area contributed by atoms with E-state index in [0.717, 1.165) is 32.8 Å². The van der Waals surface area contributed by atoms with Crippen molar-refractivity contribution >= 4 is 0 Å². The molecule has 0 aromatic heterocycles. The molecule has 0 aromatic rings. The molecule has 0 N–H and O–H groups in total. The normalized spacial score (nSPS) is 6.92. The van der Waals surface area contributed by atoms with E-state index in [0.29, 0.717) is 0 Å². The van der Waals surface area contributed by atoms with E-state index in [9.17, 15) is 0 Å². The first kappa shape index (κ1) is 29.3. The highest BCUT2D eigenvalue weighted by atomic mass is 16.5. The van der Waals surface area contributed by atoms with Crippen molar-refractivity contribution in [2.24, 2.45) is 0 Å². The maximum Gasteiger partial charge on any atom is 0.0487 e. The van der Waals surface area contributed by atoms with E-state index < -0.39 is 0 Å². The standard InChI is InChI=1S/C7H16O2.4CH4/c1-3-8-6-5-7-9-4-2;;;;/h3-7H2,1-2H3;4*1H4. The summed E-state index contributed by atoms with van der Waals surface area (Å²) in [6.45, 7) is 7.28. The average Bonchev–Trinajstić information content (AvgIpc) is 1.89. The molecule has 0 fully saturated rings. The van der Waals surface area contributed by atoms with Crippen LogP contribution in [0.2, 0.25) is 0 Å². The van der Waals surface area contributed by atoms with Gasteiger partial charge in [0.05, 0.1) is 0 Å². The molecule has 0 unspecified atom stereocenters. The Morgan fingerprint density at radius 1 is 0.692 bits per heavy atom. The Morgan fingerprint density at radius 3 is 1.23 bits per heavy atom. The van der Waals surface area contributed by atoms with Crippen LogP contribution in [0.1, 0.15) is 50.0 Å². The lowest BCUT2D eigenvalue weighted by atomic mass is 10.5. The minimum atomic E-state index is 0. The third kappa shape index (κ3) is 33.5. The monoisotopic (exact) mass is 196 g/mol. The van der Waals surface area contributed by atoms with Crippen LogP contribution in [-0.2, 0) is 9.47 Å². The van der Waals surface area contributed by atoms with Gasteiger partial charge >= 0.3 is 0 Å².